The van der Waals surface area contributed by atoms with E-state index in [1.54, 1.807) is 0 Å². The van der Waals surface area contributed by atoms with E-state index in [-0.39, 0.29) is 0 Å². The zero-order valence-electron chi connectivity index (χ0n) is 6.19. The molecule has 0 aliphatic carbocycles. The van der Waals surface area contributed by atoms with Gasteiger partial charge in [-0.2, -0.15) is 0 Å². The van der Waals surface area contributed by atoms with Gasteiger partial charge in [0.25, 0.3) is 0 Å². The lowest BCUT2D eigenvalue weighted by atomic mass is 10.1. The van der Waals surface area contributed by atoms with Gasteiger partial charge in [0.2, 0.25) is 0 Å². The highest BCUT2D eigenvalue weighted by Gasteiger charge is 1.95. The van der Waals surface area contributed by atoms with E-state index in [1.165, 1.54) is 5.56 Å². The van der Waals surface area contributed by atoms with E-state index in [9.17, 15) is 0 Å². The molecule has 0 saturated carbocycles. The zero-order valence-corrected chi connectivity index (χ0v) is 6.94. The Hall–Kier alpha value is -0.560. The lowest BCUT2D eigenvalue weighted by Crippen LogP contribution is -1.88. The average molecular weight is 156 g/mol. The first kappa shape index (κ1) is 7.55. The summed E-state index contributed by atoms with van der Waals surface area (Å²) in [6.07, 6.45) is 1.83. The molecule has 0 aliphatic heterocycles. The molecule has 0 bridgehead atoms. The number of rotatable bonds is 1. The Morgan fingerprint density at radius 1 is 1.50 bits per heavy atom. The predicted molar refractivity (Wildman–Crippen MR) is 43.3 cm³/mol. The number of pyridine rings is 1. The molecule has 0 aromatic carbocycles. The monoisotopic (exact) mass is 155 g/mol. The molecule has 2 heteroatoms. The van der Waals surface area contributed by atoms with E-state index in [0.29, 0.717) is 5.88 Å². The van der Waals surface area contributed by atoms with Gasteiger partial charge in [-0.05, 0) is 31.0 Å². The van der Waals surface area contributed by atoms with E-state index < -0.39 is 0 Å². The normalized spacial score (nSPS) is 9.90. The molecular formula is C8H10ClN. The number of alkyl halides is 1. The minimum Gasteiger partial charge on any atom is -0.261 e. The fraction of sp³-hybridized carbons (Fsp3) is 0.375. The van der Waals surface area contributed by atoms with Crippen LogP contribution >= 0.6 is 11.6 Å². The van der Waals surface area contributed by atoms with Crippen molar-refractivity contribution >= 4 is 11.6 Å². The maximum absolute atomic E-state index is 5.64. The van der Waals surface area contributed by atoms with Gasteiger partial charge in [-0.15, -0.1) is 11.6 Å². The first-order valence-corrected chi connectivity index (χ1v) is 3.75. The quantitative estimate of drug-likeness (QED) is 0.568. The highest BCUT2D eigenvalue weighted by Crippen LogP contribution is 2.09. The molecular weight excluding hydrogens is 146 g/mol. The van der Waals surface area contributed by atoms with Gasteiger partial charge in [0.15, 0.2) is 0 Å². The summed E-state index contributed by atoms with van der Waals surface area (Å²) >= 11 is 5.64. The van der Waals surface area contributed by atoms with Crippen molar-refractivity contribution in [2.45, 2.75) is 19.7 Å². The van der Waals surface area contributed by atoms with E-state index in [0.717, 1.165) is 11.3 Å². The van der Waals surface area contributed by atoms with Crippen LogP contribution in [0.5, 0.6) is 0 Å². The summed E-state index contributed by atoms with van der Waals surface area (Å²) in [6, 6.07) is 2.04. The van der Waals surface area contributed by atoms with Crippen LogP contribution < -0.4 is 0 Å². The summed E-state index contributed by atoms with van der Waals surface area (Å²) in [6.45, 7) is 4.03. The number of halogens is 1. The smallest absolute Gasteiger partial charge is 0.0491 e. The summed E-state index contributed by atoms with van der Waals surface area (Å²) in [5, 5.41) is 0. The molecule has 0 atom stereocenters. The highest BCUT2D eigenvalue weighted by atomic mass is 35.5. The van der Waals surface area contributed by atoms with E-state index in [4.69, 9.17) is 11.6 Å². The van der Waals surface area contributed by atoms with Crippen LogP contribution in [0.3, 0.4) is 0 Å². The van der Waals surface area contributed by atoms with Crippen LogP contribution in [0.4, 0.5) is 0 Å². The minimum atomic E-state index is 0.555. The number of aromatic nitrogens is 1. The molecule has 1 nitrogen and oxygen atoms in total. The van der Waals surface area contributed by atoms with Gasteiger partial charge in [0, 0.05) is 17.8 Å². The summed E-state index contributed by atoms with van der Waals surface area (Å²) in [5.41, 5.74) is 3.39. The molecule has 0 radical (unpaired) electrons. The fourth-order valence-corrected chi connectivity index (χ4v) is 1.14. The molecule has 0 aliphatic rings. The van der Waals surface area contributed by atoms with Crippen LogP contribution in [0.25, 0.3) is 0 Å². The zero-order chi connectivity index (χ0) is 7.56. The molecule has 0 fully saturated rings. The maximum Gasteiger partial charge on any atom is 0.0491 e. The van der Waals surface area contributed by atoms with Crippen molar-refractivity contribution in [3.8, 4) is 0 Å². The van der Waals surface area contributed by atoms with Crippen molar-refractivity contribution in [3.05, 3.63) is 29.1 Å². The van der Waals surface area contributed by atoms with E-state index >= 15 is 0 Å². The van der Waals surface area contributed by atoms with E-state index in [1.807, 2.05) is 26.1 Å². The average Bonchev–Trinajstić information content (AvgIpc) is 1.88. The third kappa shape index (κ3) is 1.48. The molecule has 0 N–H and O–H groups in total. The molecule has 0 unspecified atom stereocenters. The Bertz CT molecular complexity index is 233. The number of aryl methyl sites for hydroxylation is 2. The first-order chi connectivity index (χ1) is 4.74. The lowest BCUT2D eigenvalue weighted by Gasteiger charge is -2.00. The first-order valence-electron chi connectivity index (χ1n) is 3.22. The minimum absolute atomic E-state index is 0.555. The van der Waals surface area contributed by atoms with Gasteiger partial charge in [0.1, 0.15) is 0 Å². The second kappa shape index (κ2) is 3.02. The van der Waals surface area contributed by atoms with Crippen molar-refractivity contribution in [3.63, 3.8) is 0 Å². The van der Waals surface area contributed by atoms with Gasteiger partial charge in [-0.25, -0.2) is 0 Å². The Labute approximate surface area is 66.0 Å². The van der Waals surface area contributed by atoms with Crippen molar-refractivity contribution in [2.75, 3.05) is 0 Å². The van der Waals surface area contributed by atoms with Crippen LogP contribution in [0.1, 0.15) is 16.8 Å². The third-order valence-electron chi connectivity index (χ3n) is 1.50. The largest absolute Gasteiger partial charge is 0.261 e. The second-order valence-electron chi connectivity index (χ2n) is 2.39. The highest BCUT2D eigenvalue weighted by molar-refractivity contribution is 6.17. The molecule has 0 spiro atoms. The summed E-state index contributed by atoms with van der Waals surface area (Å²) in [5.74, 6) is 0.555. The number of nitrogens with zero attached hydrogens (tertiary/aromatic N) is 1. The third-order valence-corrected chi connectivity index (χ3v) is 1.79. The molecule has 0 saturated heterocycles. The summed E-state index contributed by atoms with van der Waals surface area (Å²) in [7, 11) is 0. The van der Waals surface area contributed by atoms with E-state index in [2.05, 4.69) is 4.98 Å². The van der Waals surface area contributed by atoms with Gasteiger partial charge >= 0.3 is 0 Å². The molecule has 54 valence electrons. The van der Waals surface area contributed by atoms with Gasteiger partial charge in [-0.1, -0.05) is 0 Å². The van der Waals surface area contributed by atoms with Crippen LogP contribution in [0.15, 0.2) is 12.3 Å². The van der Waals surface area contributed by atoms with Crippen LogP contribution in [0, 0.1) is 13.8 Å². The summed E-state index contributed by atoms with van der Waals surface area (Å²) < 4.78 is 0. The Balaban J connectivity index is 3.07. The van der Waals surface area contributed by atoms with Crippen molar-refractivity contribution in [2.24, 2.45) is 0 Å². The summed E-state index contributed by atoms with van der Waals surface area (Å²) in [4.78, 5) is 4.13. The van der Waals surface area contributed by atoms with Crippen LogP contribution in [-0.4, -0.2) is 4.98 Å². The van der Waals surface area contributed by atoms with Crippen molar-refractivity contribution < 1.29 is 0 Å². The van der Waals surface area contributed by atoms with Crippen molar-refractivity contribution in [1.82, 2.24) is 4.98 Å². The molecule has 1 aromatic heterocycles. The maximum atomic E-state index is 5.64. The Kier molecular flexibility index (Phi) is 2.28. The molecule has 10 heavy (non-hydrogen) atoms. The molecule has 1 rings (SSSR count). The fourth-order valence-electron chi connectivity index (χ4n) is 0.865. The predicted octanol–water partition coefficient (Wildman–Crippen LogP) is 2.44. The second-order valence-corrected chi connectivity index (χ2v) is 2.65. The number of hydrogen-bond acceptors (Lipinski definition) is 1. The van der Waals surface area contributed by atoms with Gasteiger partial charge < -0.3 is 0 Å². The number of hydrogen-bond donors (Lipinski definition) is 0. The van der Waals surface area contributed by atoms with Gasteiger partial charge in [-0.3, -0.25) is 4.98 Å². The topological polar surface area (TPSA) is 12.9 Å². The standard InChI is InChI=1S/C8H10ClN/c1-6-3-7(2)10-5-8(6)4-9/h3,5H,4H2,1-2H3. The molecule has 1 heterocycles. The molecule has 0 amide bonds. The Morgan fingerprint density at radius 2 is 2.20 bits per heavy atom. The van der Waals surface area contributed by atoms with Crippen molar-refractivity contribution in [1.29, 1.82) is 0 Å². The van der Waals surface area contributed by atoms with Crippen LogP contribution in [-0.2, 0) is 5.88 Å². The Morgan fingerprint density at radius 3 is 2.70 bits per heavy atom. The lowest BCUT2D eigenvalue weighted by molar-refractivity contribution is 1.13. The van der Waals surface area contributed by atoms with Gasteiger partial charge in [0.05, 0.1) is 0 Å². The van der Waals surface area contributed by atoms with Crippen LogP contribution in [0.2, 0.25) is 0 Å². The SMILES string of the molecule is Cc1cc(C)c(CCl)cn1. The molecule has 1 aromatic rings.